The van der Waals surface area contributed by atoms with Crippen molar-refractivity contribution in [1.29, 1.82) is 0 Å². The van der Waals surface area contributed by atoms with Crippen LogP contribution in [0.1, 0.15) is 96.3 Å². The molecule has 0 saturated heterocycles. The summed E-state index contributed by atoms with van der Waals surface area (Å²) in [7, 11) is 4.76. The van der Waals surface area contributed by atoms with Crippen molar-refractivity contribution >= 4 is 17.8 Å². The summed E-state index contributed by atoms with van der Waals surface area (Å²) < 4.78 is 0. The summed E-state index contributed by atoms with van der Waals surface area (Å²) in [6.45, 7) is 0. The van der Waals surface area contributed by atoms with E-state index in [1.54, 1.807) is 19.0 Å². The fourth-order valence-electron chi connectivity index (χ4n) is 5.53. The topological polar surface area (TPSA) is 0 Å². The van der Waals surface area contributed by atoms with Crippen LogP contribution in [0, 0.1) is 11.8 Å². The van der Waals surface area contributed by atoms with Crippen LogP contribution in [0.25, 0.3) is 0 Å². The van der Waals surface area contributed by atoms with Crippen molar-refractivity contribution in [1.82, 2.24) is 0 Å². The molecule has 2 heteroatoms. The molecule has 0 nitrogen and oxygen atoms in total. The standard InChI is InChI=1S/C20H38P2/c21-20(17-10-4-1-5-11-17,18-12-6-2-7-13-18)16-22-19-14-8-3-9-15-19/h17-19,22H,1-16,21H2. The molecule has 0 N–H and O–H groups in total. The van der Waals surface area contributed by atoms with E-state index >= 15 is 0 Å². The van der Waals surface area contributed by atoms with Crippen LogP contribution in [-0.4, -0.2) is 17.0 Å². The minimum absolute atomic E-state index is 0.622. The maximum absolute atomic E-state index is 3.50. The Bertz CT molecular complexity index is 292. The molecule has 0 bridgehead atoms. The minimum atomic E-state index is 0.622. The highest BCUT2D eigenvalue weighted by molar-refractivity contribution is 7.40. The van der Waals surface area contributed by atoms with Gasteiger partial charge in [0.2, 0.25) is 0 Å². The lowest BCUT2D eigenvalue weighted by molar-refractivity contribution is 0.191. The van der Waals surface area contributed by atoms with Crippen molar-refractivity contribution < 1.29 is 0 Å². The molecule has 0 aromatic heterocycles. The highest BCUT2D eigenvalue weighted by Gasteiger charge is 2.42. The molecule has 3 aliphatic rings. The second-order valence-electron chi connectivity index (χ2n) is 8.50. The second kappa shape index (κ2) is 8.81. The molecular formula is C20H38P2. The van der Waals surface area contributed by atoms with Crippen LogP contribution >= 0.6 is 17.8 Å². The monoisotopic (exact) mass is 340 g/mol. The van der Waals surface area contributed by atoms with Gasteiger partial charge in [-0.05, 0) is 67.3 Å². The van der Waals surface area contributed by atoms with Crippen LogP contribution < -0.4 is 0 Å². The van der Waals surface area contributed by atoms with Crippen molar-refractivity contribution in [3.8, 4) is 0 Å². The third-order valence-corrected chi connectivity index (χ3v) is 10.6. The largest absolute Gasteiger partial charge is 0.130 e. The van der Waals surface area contributed by atoms with Gasteiger partial charge < -0.3 is 0 Å². The Morgan fingerprint density at radius 1 is 0.636 bits per heavy atom. The van der Waals surface area contributed by atoms with Crippen LogP contribution in [0.5, 0.6) is 0 Å². The molecular weight excluding hydrogens is 302 g/mol. The zero-order chi connectivity index (χ0) is 15.3. The van der Waals surface area contributed by atoms with E-state index in [0.717, 1.165) is 17.5 Å². The van der Waals surface area contributed by atoms with Crippen molar-refractivity contribution in [2.75, 3.05) is 6.16 Å². The fraction of sp³-hybridized carbons (Fsp3) is 1.00. The lowest BCUT2D eigenvalue weighted by atomic mass is 9.69. The Labute approximate surface area is 143 Å². The first-order valence-electron chi connectivity index (χ1n) is 10.3. The molecule has 0 radical (unpaired) electrons. The predicted octanol–water partition coefficient (Wildman–Crippen LogP) is 6.77. The number of rotatable bonds is 5. The van der Waals surface area contributed by atoms with Gasteiger partial charge in [-0.25, -0.2) is 0 Å². The Morgan fingerprint density at radius 3 is 1.50 bits per heavy atom. The maximum atomic E-state index is 3.50. The summed E-state index contributed by atoms with van der Waals surface area (Å²) in [4.78, 5) is 0. The zero-order valence-corrected chi connectivity index (χ0v) is 16.8. The van der Waals surface area contributed by atoms with E-state index in [-0.39, 0.29) is 0 Å². The SMILES string of the molecule is PC(CPC1CCCCC1)(C1CCCCC1)C1CCCCC1. The lowest BCUT2D eigenvalue weighted by Crippen LogP contribution is -2.43. The quantitative estimate of drug-likeness (QED) is 0.484. The molecule has 3 saturated carbocycles. The first-order valence-corrected chi connectivity index (χ1v) is 12.2. The predicted molar refractivity (Wildman–Crippen MR) is 106 cm³/mol. The summed E-state index contributed by atoms with van der Waals surface area (Å²) in [5.74, 6) is 2.07. The van der Waals surface area contributed by atoms with E-state index in [1.165, 1.54) is 92.1 Å². The molecule has 2 atom stereocenters. The summed E-state index contributed by atoms with van der Waals surface area (Å²) in [5.41, 5.74) is 1.10. The van der Waals surface area contributed by atoms with E-state index in [0.29, 0.717) is 5.16 Å². The van der Waals surface area contributed by atoms with E-state index in [4.69, 9.17) is 0 Å². The minimum Gasteiger partial charge on any atom is -0.130 e. The van der Waals surface area contributed by atoms with Gasteiger partial charge in [-0.15, -0.1) is 17.8 Å². The molecule has 22 heavy (non-hydrogen) atoms. The smallest absolute Gasteiger partial charge is 0.00571 e. The molecule has 0 spiro atoms. The molecule has 0 amide bonds. The fourth-order valence-corrected chi connectivity index (χ4v) is 8.59. The van der Waals surface area contributed by atoms with Crippen LogP contribution in [-0.2, 0) is 0 Å². The third kappa shape index (κ3) is 4.48. The highest BCUT2D eigenvalue weighted by atomic mass is 31.1. The Hall–Kier alpha value is 0.860. The number of hydrogen-bond acceptors (Lipinski definition) is 0. The van der Waals surface area contributed by atoms with Crippen LogP contribution in [0.3, 0.4) is 0 Å². The van der Waals surface area contributed by atoms with Gasteiger partial charge in [0.15, 0.2) is 0 Å². The molecule has 0 aliphatic heterocycles. The highest BCUT2D eigenvalue weighted by Crippen LogP contribution is 2.52. The molecule has 128 valence electrons. The van der Waals surface area contributed by atoms with E-state index in [1.807, 2.05) is 0 Å². The Balaban J connectivity index is 1.63. The molecule has 3 aliphatic carbocycles. The normalized spacial score (nSPS) is 27.7. The second-order valence-corrected chi connectivity index (χ2v) is 11.2. The molecule has 0 aromatic rings. The van der Waals surface area contributed by atoms with Gasteiger partial charge in [0.05, 0.1) is 0 Å². The van der Waals surface area contributed by atoms with Gasteiger partial charge in [-0.1, -0.05) is 57.8 Å². The van der Waals surface area contributed by atoms with Crippen LogP contribution in [0.4, 0.5) is 0 Å². The summed E-state index contributed by atoms with van der Waals surface area (Å²) in [6.07, 6.45) is 24.4. The van der Waals surface area contributed by atoms with Crippen LogP contribution in [0.2, 0.25) is 0 Å². The van der Waals surface area contributed by atoms with E-state index < -0.39 is 0 Å². The average molecular weight is 340 g/mol. The maximum Gasteiger partial charge on any atom is -0.00571 e. The summed E-state index contributed by atoms with van der Waals surface area (Å²) >= 11 is 0. The van der Waals surface area contributed by atoms with Gasteiger partial charge in [0.1, 0.15) is 0 Å². The lowest BCUT2D eigenvalue weighted by Gasteiger charge is -2.48. The van der Waals surface area contributed by atoms with Crippen molar-refractivity contribution in [2.24, 2.45) is 11.8 Å². The number of hydrogen-bond donors (Lipinski definition) is 0. The van der Waals surface area contributed by atoms with Gasteiger partial charge in [0.25, 0.3) is 0 Å². The first kappa shape index (κ1) is 17.7. The Kier molecular flexibility index (Phi) is 7.08. The van der Waals surface area contributed by atoms with Gasteiger partial charge in [0, 0.05) is 0 Å². The van der Waals surface area contributed by atoms with Crippen molar-refractivity contribution in [3.63, 3.8) is 0 Å². The van der Waals surface area contributed by atoms with Crippen molar-refractivity contribution in [2.45, 2.75) is 107 Å². The van der Waals surface area contributed by atoms with E-state index in [2.05, 4.69) is 9.24 Å². The van der Waals surface area contributed by atoms with Gasteiger partial charge >= 0.3 is 0 Å². The third-order valence-electron chi connectivity index (χ3n) is 7.03. The van der Waals surface area contributed by atoms with Gasteiger partial charge in [-0.3, -0.25) is 0 Å². The summed E-state index contributed by atoms with van der Waals surface area (Å²) in [5, 5.41) is 0.622. The molecule has 3 rings (SSSR count). The molecule has 0 aromatic carbocycles. The molecule has 3 fully saturated rings. The average Bonchev–Trinajstić information content (AvgIpc) is 2.62. The molecule has 0 heterocycles. The van der Waals surface area contributed by atoms with Crippen LogP contribution in [0.15, 0.2) is 0 Å². The van der Waals surface area contributed by atoms with Gasteiger partial charge in [-0.2, -0.15) is 0 Å². The Morgan fingerprint density at radius 2 is 1.05 bits per heavy atom. The first-order chi connectivity index (χ1) is 10.8. The summed E-state index contributed by atoms with van der Waals surface area (Å²) in [6, 6.07) is 0. The zero-order valence-electron chi connectivity index (χ0n) is 14.6. The van der Waals surface area contributed by atoms with E-state index in [9.17, 15) is 0 Å². The molecule has 2 unspecified atom stereocenters. The van der Waals surface area contributed by atoms with Crippen molar-refractivity contribution in [3.05, 3.63) is 0 Å².